The number of hydrogen-bond acceptors (Lipinski definition) is 5. The van der Waals surface area contributed by atoms with Crippen LogP contribution in [0.2, 0.25) is 0 Å². The SMILES string of the molecule is C=C(c1ccccc1)N1CCC(C(N)=O)(S(=O)N2CCN(c3ccc(NCCCCC)cc3)CC2)CC1. The number of anilines is 2. The van der Waals surface area contributed by atoms with Crippen molar-refractivity contribution in [1.29, 1.82) is 0 Å². The van der Waals surface area contributed by atoms with E-state index in [2.05, 4.69) is 52.9 Å². The van der Waals surface area contributed by atoms with Crippen LogP contribution in [-0.4, -0.2) is 69.9 Å². The normalized spacial score (nSPS) is 18.8. The lowest BCUT2D eigenvalue weighted by atomic mass is 9.94. The van der Waals surface area contributed by atoms with Crippen LogP contribution in [0.25, 0.3) is 5.70 Å². The Morgan fingerprint density at radius 3 is 2.22 bits per heavy atom. The van der Waals surface area contributed by atoms with Crippen LogP contribution >= 0.6 is 0 Å². The fourth-order valence-corrected chi connectivity index (χ4v) is 6.91. The Balaban J connectivity index is 1.31. The Morgan fingerprint density at radius 2 is 1.62 bits per heavy atom. The van der Waals surface area contributed by atoms with E-state index >= 15 is 0 Å². The number of rotatable bonds is 11. The molecule has 2 aliphatic rings. The molecule has 2 heterocycles. The van der Waals surface area contributed by atoms with E-state index in [1.165, 1.54) is 24.9 Å². The zero-order valence-corrected chi connectivity index (χ0v) is 22.8. The van der Waals surface area contributed by atoms with Gasteiger partial charge in [0, 0.05) is 62.9 Å². The molecule has 0 aromatic heterocycles. The summed E-state index contributed by atoms with van der Waals surface area (Å²) in [6.45, 7) is 11.5. The molecule has 37 heavy (non-hydrogen) atoms. The molecule has 1 atom stereocenters. The number of nitrogens with zero attached hydrogens (tertiary/aromatic N) is 3. The number of carbonyl (C=O) groups is 1. The van der Waals surface area contributed by atoms with E-state index in [-0.39, 0.29) is 0 Å². The summed E-state index contributed by atoms with van der Waals surface area (Å²) < 4.78 is 14.7. The highest BCUT2D eigenvalue weighted by Gasteiger charge is 2.48. The maximum atomic E-state index is 13.8. The van der Waals surface area contributed by atoms with Gasteiger partial charge in [0.25, 0.3) is 0 Å². The van der Waals surface area contributed by atoms with Crippen molar-refractivity contribution in [3.8, 4) is 0 Å². The Kier molecular flexibility index (Phi) is 9.27. The average Bonchev–Trinajstić information content (AvgIpc) is 2.95. The van der Waals surface area contributed by atoms with Crippen LogP contribution in [0.4, 0.5) is 11.4 Å². The van der Waals surface area contributed by atoms with Gasteiger partial charge in [-0.05, 0) is 49.1 Å². The number of primary amides is 1. The zero-order chi connectivity index (χ0) is 26.3. The third-order valence-electron chi connectivity index (χ3n) is 7.66. The van der Waals surface area contributed by atoms with E-state index in [4.69, 9.17) is 5.73 Å². The molecule has 4 rings (SSSR count). The third kappa shape index (κ3) is 6.36. The molecule has 1 unspecified atom stereocenters. The molecular weight excluding hydrogens is 482 g/mol. The molecule has 0 bridgehead atoms. The molecule has 200 valence electrons. The number of piperazine rings is 1. The summed E-state index contributed by atoms with van der Waals surface area (Å²) >= 11 is 0. The number of nitrogens with two attached hydrogens (primary N) is 1. The van der Waals surface area contributed by atoms with E-state index in [0.29, 0.717) is 39.0 Å². The van der Waals surface area contributed by atoms with Gasteiger partial charge in [-0.3, -0.25) is 4.79 Å². The predicted octanol–water partition coefficient (Wildman–Crippen LogP) is 4.07. The van der Waals surface area contributed by atoms with Crippen molar-refractivity contribution in [2.24, 2.45) is 5.73 Å². The summed E-state index contributed by atoms with van der Waals surface area (Å²) in [7, 11) is -1.47. The monoisotopic (exact) mass is 523 g/mol. The molecule has 2 aromatic rings. The maximum absolute atomic E-state index is 13.8. The standard InChI is InChI=1S/C29H41N5O2S/c1-3-4-8-17-31-26-11-13-27(14-12-26)33-20-22-34(23-21-33)37(36)29(28(30)35)15-18-32(19-16-29)24(2)25-9-6-5-7-10-25/h5-7,9-14,31H,2-4,8,15-23H2,1H3,(H2,30,35). The highest BCUT2D eigenvalue weighted by molar-refractivity contribution is 7.85. The first-order valence-corrected chi connectivity index (χ1v) is 14.6. The van der Waals surface area contributed by atoms with E-state index < -0.39 is 21.6 Å². The topological polar surface area (TPSA) is 81.9 Å². The molecule has 0 radical (unpaired) electrons. The summed E-state index contributed by atoms with van der Waals surface area (Å²) in [5, 5.41) is 3.48. The number of hydrogen-bond donors (Lipinski definition) is 2. The number of likely N-dealkylation sites (tertiary alicyclic amines) is 1. The summed E-state index contributed by atoms with van der Waals surface area (Å²) in [4.78, 5) is 17.2. The van der Waals surface area contributed by atoms with Gasteiger partial charge in [-0.15, -0.1) is 0 Å². The molecule has 2 fully saturated rings. The summed E-state index contributed by atoms with van der Waals surface area (Å²) in [5.41, 5.74) is 10.2. The molecule has 3 N–H and O–H groups in total. The van der Waals surface area contributed by atoms with Crippen LogP contribution in [0.3, 0.4) is 0 Å². The van der Waals surface area contributed by atoms with Crippen molar-refractivity contribution in [3.05, 3.63) is 66.7 Å². The van der Waals surface area contributed by atoms with Crippen molar-refractivity contribution >= 4 is 34.0 Å². The Hall–Kier alpha value is -2.84. The van der Waals surface area contributed by atoms with Gasteiger partial charge in [0.2, 0.25) is 5.91 Å². The molecular formula is C29H41N5O2S. The second-order valence-electron chi connectivity index (χ2n) is 10.0. The number of benzene rings is 2. The van der Waals surface area contributed by atoms with Crippen LogP contribution in [0.15, 0.2) is 61.2 Å². The van der Waals surface area contributed by atoms with Crippen LogP contribution in [0.1, 0.15) is 44.6 Å². The first kappa shape index (κ1) is 27.2. The average molecular weight is 524 g/mol. The molecule has 0 spiro atoms. The van der Waals surface area contributed by atoms with Crippen LogP contribution in [0, 0.1) is 0 Å². The maximum Gasteiger partial charge on any atom is 0.237 e. The lowest BCUT2D eigenvalue weighted by Gasteiger charge is -2.44. The zero-order valence-electron chi connectivity index (χ0n) is 22.0. The van der Waals surface area contributed by atoms with Crippen LogP contribution in [0.5, 0.6) is 0 Å². The quantitative estimate of drug-likeness (QED) is 0.434. The van der Waals surface area contributed by atoms with Gasteiger partial charge < -0.3 is 20.9 Å². The van der Waals surface area contributed by atoms with E-state index in [1.54, 1.807) is 0 Å². The molecule has 0 aliphatic carbocycles. The molecule has 2 aromatic carbocycles. The first-order valence-electron chi connectivity index (χ1n) is 13.5. The van der Waals surface area contributed by atoms with Crippen molar-refractivity contribution in [3.63, 3.8) is 0 Å². The van der Waals surface area contributed by atoms with Crippen molar-refractivity contribution in [2.75, 3.05) is 56.0 Å². The van der Waals surface area contributed by atoms with Gasteiger partial charge in [0.15, 0.2) is 0 Å². The molecule has 1 amide bonds. The number of nitrogens with one attached hydrogen (secondary N) is 1. The smallest absolute Gasteiger partial charge is 0.237 e. The number of amides is 1. The number of unbranched alkanes of at least 4 members (excludes halogenated alkanes) is 2. The molecule has 8 heteroatoms. The third-order valence-corrected chi connectivity index (χ3v) is 9.77. The van der Waals surface area contributed by atoms with E-state index in [1.807, 2.05) is 34.6 Å². The van der Waals surface area contributed by atoms with Gasteiger partial charge in [0.05, 0.1) is 0 Å². The second kappa shape index (κ2) is 12.6. The van der Waals surface area contributed by atoms with Gasteiger partial charge in [-0.1, -0.05) is 56.7 Å². The molecule has 0 saturated carbocycles. The Morgan fingerprint density at radius 1 is 0.973 bits per heavy atom. The van der Waals surface area contributed by atoms with Gasteiger partial charge in [0.1, 0.15) is 15.7 Å². The van der Waals surface area contributed by atoms with Crippen LogP contribution < -0.4 is 16.0 Å². The highest BCUT2D eigenvalue weighted by Crippen LogP contribution is 2.34. The minimum atomic E-state index is -1.47. The number of piperidine rings is 1. The summed E-state index contributed by atoms with van der Waals surface area (Å²) in [6, 6.07) is 18.6. The van der Waals surface area contributed by atoms with Gasteiger partial charge >= 0.3 is 0 Å². The van der Waals surface area contributed by atoms with Crippen LogP contribution in [-0.2, 0) is 15.8 Å². The van der Waals surface area contributed by atoms with Gasteiger partial charge in [-0.25, -0.2) is 8.51 Å². The fraction of sp³-hybridized carbons (Fsp3) is 0.483. The minimum Gasteiger partial charge on any atom is -0.385 e. The van der Waals surface area contributed by atoms with Crippen molar-refractivity contribution in [1.82, 2.24) is 9.21 Å². The number of carbonyl (C=O) groups excluding carboxylic acids is 1. The van der Waals surface area contributed by atoms with E-state index in [0.717, 1.165) is 36.6 Å². The first-order chi connectivity index (χ1) is 17.9. The predicted molar refractivity (Wildman–Crippen MR) is 155 cm³/mol. The molecule has 7 nitrogen and oxygen atoms in total. The Labute approximate surface area is 224 Å². The molecule has 2 aliphatic heterocycles. The van der Waals surface area contributed by atoms with E-state index in [9.17, 15) is 9.00 Å². The fourth-order valence-electron chi connectivity index (χ4n) is 5.22. The largest absolute Gasteiger partial charge is 0.385 e. The summed E-state index contributed by atoms with van der Waals surface area (Å²) in [6.07, 6.45) is 4.58. The lowest BCUT2D eigenvalue weighted by Crippen LogP contribution is -2.60. The Bertz CT molecular complexity index is 1060. The van der Waals surface area contributed by atoms with Gasteiger partial charge in [-0.2, -0.15) is 0 Å². The minimum absolute atomic E-state index is 0.458. The highest BCUT2D eigenvalue weighted by atomic mass is 32.2. The summed E-state index contributed by atoms with van der Waals surface area (Å²) in [5.74, 6) is -0.458. The lowest BCUT2D eigenvalue weighted by molar-refractivity contribution is -0.121. The molecule has 2 saturated heterocycles. The second-order valence-corrected chi connectivity index (χ2v) is 11.8. The van der Waals surface area contributed by atoms with Crippen molar-refractivity contribution < 1.29 is 9.00 Å². The van der Waals surface area contributed by atoms with Crippen molar-refractivity contribution in [2.45, 2.75) is 43.8 Å².